The third-order valence-electron chi connectivity index (χ3n) is 4.83. The van der Waals surface area contributed by atoms with Crippen LogP contribution in [0, 0.1) is 0 Å². The SMILES string of the molecule is O=C(c1cc(-c2ccco2)[nH]n1)N1CCC[C@H]1CCc1ccccc1. The van der Waals surface area contributed by atoms with Gasteiger partial charge >= 0.3 is 0 Å². The molecule has 25 heavy (non-hydrogen) atoms. The van der Waals surface area contributed by atoms with Gasteiger partial charge in [-0.3, -0.25) is 9.89 Å². The Hall–Kier alpha value is -2.82. The predicted octanol–water partition coefficient (Wildman–Crippen LogP) is 3.91. The summed E-state index contributed by atoms with van der Waals surface area (Å²) in [6.07, 6.45) is 5.71. The molecule has 5 heteroatoms. The number of amides is 1. The maximum Gasteiger partial charge on any atom is 0.274 e. The number of hydrogen-bond donors (Lipinski definition) is 1. The first-order valence-electron chi connectivity index (χ1n) is 8.75. The van der Waals surface area contributed by atoms with Crippen LogP contribution in [0.1, 0.15) is 35.3 Å². The van der Waals surface area contributed by atoms with Gasteiger partial charge in [-0.05, 0) is 43.4 Å². The maximum absolute atomic E-state index is 12.9. The zero-order valence-corrected chi connectivity index (χ0v) is 14.0. The summed E-state index contributed by atoms with van der Waals surface area (Å²) in [6, 6.07) is 16.2. The fourth-order valence-electron chi connectivity index (χ4n) is 3.52. The molecule has 1 N–H and O–H groups in total. The third-order valence-corrected chi connectivity index (χ3v) is 4.83. The van der Waals surface area contributed by atoms with Crippen LogP contribution in [0.5, 0.6) is 0 Å². The monoisotopic (exact) mass is 335 g/mol. The van der Waals surface area contributed by atoms with E-state index in [4.69, 9.17) is 4.42 Å². The summed E-state index contributed by atoms with van der Waals surface area (Å²) in [5.41, 5.74) is 2.51. The standard InChI is InChI=1S/C20H21N3O2/c24-20(18-14-17(21-22-18)19-9-5-13-25-19)23-12-4-8-16(23)11-10-15-6-2-1-3-7-15/h1-3,5-7,9,13-14,16H,4,8,10-12H2,(H,21,22)/t16-/m0/s1. The minimum absolute atomic E-state index is 0.00428. The second-order valence-corrected chi connectivity index (χ2v) is 6.46. The zero-order valence-electron chi connectivity index (χ0n) is 14.0. The van der Waals surface area contributed by atoms with E-state index in [1.165, 1.54) is 5.56 Å². The van der Waals surface area contributed by atoms with Crippen molar-refractivity contribution in [3.8, 4) is 11.5 Å². The van der Waals surface area contributed by atoms with Crippen LogP contribution in [-0.4, -0.2) is 33.6 Å². The van der Waals surface area contributed by atoms with Crippen LogP contribution < -0.4 is 0 Å². The topological polar surface area (TPSA) is 62.1 Å². The van der Waals surface area contributed by atoms with Gasteiger partial charge in [0.15, 0.2) is 11.5 Å². The van der Waals surface area contributed by atoms with E-state index in [-0.39, 0.29) is 11.9 Å². The molecule has 3 heterocycles. The second kappa shape index (κ2) is 6.97. The van der Waals surface area contributed by atoms with Gasteiger partial charge in [-0.25, -0.2) is 0 Å². The van der Waals surface area contributed by atoms with Crippen LogP contribution in [0.4, 0.5) is 0 Å². The van der Waals surface area contributed by atoms with Crippen LogP contribution in [-0.2, 0) is 6.42 Å². The average Bonchev–Trinajstić information content (AvgIpc) is 3.41. The van der Waals surface area contributed by atoms with Crippen molar-refractivity contribution in [2.24, 2.45) is 0 Å². The van der Waals surface area contributed by atoms with E-state index in [0.29, 0.717) is 11.5 Å². The summed E-state index contributed by atoms with van der Waals surface area (Å²) in [7, 11) is 0. The fourth-order valence-corrected chi connectivity index (χ4v) is 3.52. The highest BCUT2D eigenvalue weighted by molar-refractivity contribution is 5.93. The summed E-state index contributed by atoms with van der Waals surface area (Å²) in [4.78, 5) is 14.8. The number of H-pyrrole nitrogens is 1. The Kier molecular flexibility index (Phi) is 4.37. The average molecular weight is 335 g/mol. The van der Waals surface area contributed by atoms with Gasteiger partial charge in [0.2, 0.25) is 0 Å². The van der Waals surface area contributed by atoms with Gasteiger partial charge in [-0.15, -0.1) is 0 Å². The van der Waals surface area contributed by atoms with Crippen molar-refractivity contribution in [2.45, 2.75) is 31.7 Å². The van der Waals surface area contributed by atoms with E-state index >= 15 is 0 Å². The quantitative estimate of drug-likeness (QED) is 0.769. The molecule has 2 aromatic heterocycles. The Balaban J connectivity index is 1.44. The van der Waals surface area contributed by atoms with Crippen molar-refractivity contribution >= 4 is 5.91 Å². The molecule has 1 amide bonds. The van der Waals surface area contributed by atoms with Gasteiger partial charge in [-0.2, -0.15) is 5.10 Å². The number of rotatable bonds is 5. The van der Waals surface area contributed by atoms with Crippen LogP contribution in [0.15, 0.2) is 59.2 Å². The molecule has 0 saturated carbocycles. The number of aromatic amines is 1. The minimum atomic E-state index is 0.00428. The molecule has 1 aromatic carbocycles. The predicted molar refractivity (Wildman–Crippen MR) is 95.1 cm³/mol. The van der Waals surface area contributed by atoms with Crippen molar-refractivity contribution in [3.05, 3.63) is 66.1 Å². The van der Waals surface area contributed by atoms with Gasteiger partial charge in [0.05, 0.1) is 6.26 Å². The van der Waals surface area contributed by atoms with E-state index in [9.17, 15) is 4.79 Å². The minimum Gasteiger partial charge on any atom is -0.463 e. The van der Waals surface area contributed by atoms with Gasteiger partial charge < -0.3 is 9.32 Å². The lowest BCUT2D eigenvalue weighted by atomic mass is 10.0. The fraction of sp³-hybridized carbons (Fsp3) is 0.300. The Bertz CT molecular complexity index is 824. The van der Waals surface area contributed by atoms with Gasteiger partial charge in [0.25, 0.3) is 5.91 Å². The van der Waals surface area contributed by atoms with Gasteiger partial charge in [0, 0.05) is 18.7 Å². The molecule has 0 radical (unpaired) electrons. The highest BCUT2D eigenvalue weighted by atomic mass is 16.3. The molecule has 4 rings (SSSR count). The van der Waals surface area contributed by atoms with Crippen molar-refractivity contribution in [2.75, 3.05) is 6.54 Å². The number of nitrogens with one attached hydrogen (secondary N) is 1. The van der Waals surface area contributed by atoms with Crippen LogP contribution >= 0.6 is 0 Å². The Morgan fingerprint density at radius 3 is 2.92 bits per heavy atom. The molecule has 1 atom stereocenters. The first kappa shape index (κ1) is 15.7. The second-order valence-electron chi connectivity index (χ2n) is 6.46. The molecule has 128 valence electrons. The molecule has 1 aliphatic heterocycles. The molecule has 3 aromatic rings. The Morgan fingerprint density at radius 1 is 1.24 bits per heavy atom. The largest absolute Gasteiger partial charge is 0.463 e. The molecule has 1 aliphatic rings. The van der Waals surface area contributed by atoms with Crippen LogP contribution in [0.25, 0.3) is 11.5 Å². The third kappa shape index (κ3) is 3.36. The lowest BCUT2D eigenvalue weighted by Crippen LogP contribution is -2.36. The number of carbonyl (C=O) groups excluding carboxylic acids is 1. The van der Waals surface area contributed by atoms with E-state index in [2.05, 4.69) is 34.5 Å². The maximum atomic E-state index is 12.9. The summed E-state index contributed by atoms with van der Waals surface area (Å²) < 4.78 is 5.35. The molecule has 5 nitrogen and oxygen atoms in total. The Labute approximate surface area is 146 Å². The number of nitrogens with zero attached hydrogens (tertiary/aromatic N) is 2. The highest BCUT2D eigenvalue weighted by Crippen LogP contribution is 2.25. The number of benzene rings is 1. The van der Waals surface area contributed by atoms with E-state index in [1.54, 1.807) is 12.3 Å². The molecular weight excluding hydrogens is 314 g/mol. The van der Waals surface area contributed by atoms with E-state index < -0.39 is 0 Å². The zero-order chi connectivity index (χ0) is 17.1. The first-order chi connectivity index (χ1) is 12.3. The molecule has 1 saturated heterocycles. The summed E-state index contributed by atoms with van der Waals surface area (Å²) in [6.45, 7) is 0.807. The number of aromatic nitrogens is 2. The van der Waals surface area contributed by atoms with Crippen molar-refractivity contribution in [1.29, 1.82) is 0 Å². The number of likely N-dealkylation sites (tertiary alicyclic amines) is 1. The van der Waals surface area contributed by atoms with Crippen molar-refractivity contribution in [1.82, 2.24) is 15.1 Å². The molecule has 0 bridgehead atoms. The smallest absolute Gasteiger partial charge is 0.274 e. The van der Waals surface area contributed by atoms with Crippen LogP contribution in [0.3, 0.4) is 0 Å². The molecular formula is C20H21N3O2. The summed E-state index contributed by atoms with van der Waals surface area (Å²) >= 11 is 0. The number of furan rings is 1. The number of aryl methyl sites for hydroxylation is 1. The molecule has 1 fully saturated rings. The van der Waals surface area contributed by atoms with E-state index in [0.717, 1.165) is 37.9 Å². The lowest BCUT2D eigenvalue weighted by molar-refractivity contribution is 0.0724. The first-order valence-corrected chi connectivity index (χ1v) is 8.75. The van der Waals surface area contributed by atoms with E-state index in [1.807, 2.05) is 23.1 Å². The normalized spacial score (nSPS) is 17.1. The van der Waals surface area contributed by atoms with Gasteiger partial charge in [0.1, 0.15) is 5.69 Å². The lowest BCUT2D eigenvalue weighted by Gasteiger charge is -2.24. The van der Waals surface area contributed by atoms with Crippen molar-refractivity contribution < 1.29 is 9.21 Å². The molecule has 0 aliphatic carbocycles. The summed E-state index contributed by atoms with van der Waals surface area (Å²) in [5, 5.41) is 7.09. The van der Waals surface area contributed by atoms with Crippen molar-refractivity contribution in [3.63, 3.8) is 0 Å². The summed E-state index contributed by atoms with van der Waals surface area (Å²) in [5.74, 6) is 0.693. The Morgan fingerprint density at radius 2 is 2.12 bits per heavy atom. The molecule has 0 spiro atoms. The number of carbonyl (C=O) groups is 1. The number of hydrogen-bond acceptors (Lipinski definition) is 3. The molecule has 0 unspecified atom stereocenters. The van der Waals surface area contributed by atoms with Gasteiger partial charge in [-0.1, -0.05) is 30.3 Å². The van der Waals surface area contributed by atoms with Crippen LogP contribution in [0.2, 0.25) is 0 Å². The highest BCUT2D eigenvalue weighted by Gasteiger charge is 2.30.